The first-order valence-electron chi connectivity index (χ1n) is 4.98. The fourth-order valence-corrected chi connectivity index (χ4v) is 1.68. The second-order valence-electron chi connectivity index (χ2n) is 3.70. The molecular weight excluding hydrogens is 242 g/mol. The van der Waals surface area contributed by atoms with E-state index in [1.165, 1.54) is 18.2 Å². The second kappa shape index (κ2) is 5.26. The summed E-state index contributed by atoms with van der Waals surface area (Å²) in [5.74, 6) is -0.604. The van der Waals surface area contributed by atoms with E-state index in [4.69, 9.17) is 10.9 Å². The molecule has 1 rings (SSSR count). The van der Waals surface area contributed by atoms with Crippen molar-refractivity contribution in [2.45, 2.75) is 11.8 Å². The predicted molar refractivity (Wildman–Crippen MR) is 64.7 cm³/mol. The van der Waals surface area contributed by atoms with Crippen LogP contribution in [0.4, 0.5) is 5.69 Å². The summed E-state index contributed by atoms with van der Waals surface area (Å²) in [6.07, 6.45) is 0. The van der Waals surface area contributed by atoms with Gasteiger partial charge < -0.3 is 11.1 Å². The highest BCUT2D eigenvalue weighted by molar-refractivity contribution is 7.89. The van der Waals surface area contributed by atoms with Gasteiger partial charge in [-0.15, -0.1) is 0 Å². The fourth-order valence-electron chi connectivity index (χ4n) is 1.12. The molecule has 0 saturated carbocycles. The first-order chi connectivity index (χ1) is 7.84. The largest absolute Gasteiger partial charge is 0.330 e. The molecule has 0 aliphatic carbocycles. The number of primary sulfonamides is 1. The number of anilines is 1. The molecule has 1 atom stereocenters. The van der Waals surface area contributed by atoms with Crippen molar-refractivity contribution in [1.29, 1.82) is 0 Å². The number of carbonyl (C=O) groups is 1. The van der Waals surface area contributed by atoms with E-state index in [1.807, 2.05) is 0 Å². The van der Waals surface area contributed by atoms with Crippen molar-refractivity contribution in [3.63, 3.8) is 0 Å². The Kier molecular flexibility index (Phi) is 4.22. The third-order valence-electron chi connectivity index (χ3n) is 2.23. The average Bonchev–Trinajstić information content (AvgIpc) is 2.27. The molecule has 17 heavy (non-hydrogen) atoms. The first-order valence-corrected chi connectivity index (χ1v) is 6.53. The van der Waals surface area contributed by atoms with Crippen LogP contribution in [0.2, 0.25) is 0 Å². The van der Waals surface area contributed by atoms with Crippen LogP contribution in [0.15, 0.2) is 29.2 Å². The Bertz CT molecular complexity index is 513. The van der Waals surface area contributed by atoms with Gasteiger partial charge in [0.05, 0.1) is 4.90 Å². The number of sulfonamides is 1. The van der Waals surface area contributed by atoms with E-state index in [1.54, 1.807) is 13.0 Å². The zero-order valence-electron chi connectivity index (χ0n) is 9.38. The number of nitrogens with two attached hydrogens (primary N) is 2. The normalized spacial score (nSPS) is 13.1. The summed E-state index contributed by atoms with van der Waals surface area (Å²) < 4.78 is 22.2. The van der Waals surface area contributed by atoms with Gasteiger partial charge in [-0.05, 0) is 18.2 Å². The van der Waals surface area contributed by atoms with E-state index >= 15 is 0 Å². The van der Waals surface area contributed by atoms with E-state index in [9.17, 15) is 13.2 Å². The number of hydrogen-bond donors (Lipinski definition) is 3. The van der Waals surface area contributed by atoms with Gasteiger partial charge in [0.2, 0.25) is 15.9 Å². The molecule has 1 unspecified atom stereocenters. The van der Waals surface area contributed by atoms with Crippen LogP contribution in [0.5, 0.6) is 0 Å². The topological polar surface area (TPSA) is 115 Å². The third kappa shape index (κ3) is 3.81. The molecule has 0 heterocycles. The quantitative estimate of drug-likeness (QED) is 0.696. The van der Waals surface area contributed by atoms with Crippen LogP contribution >= 0.6 is 0 Å². The standard InChI is InChI=1S/C10H15N3O3S/c1-7(6-11)10(14)13-8-3-2-4-9(5-8)17(12,15)16/h2-5,7H,6,11H2,1H3,(H,13,14)(H2,12,15,16). The van der Waals surface area contributed by atoms with E-state index in [0.717, 1.165) is 0 Å². The van der Waals surface area contributed by atoms with Crippen LogP contribution in [0.25, 0.3) is 0 Å². The van der Waals surface area contributed by atoms with Gasteiger partial charge in [0.1, 0.15) is 0 Å². The maximum atomic E-state index is 11.5. The van der Waals surface area contributed by atoms with E-state index in [-0.39, 0.29) is 23.3 Å². The molecule has 6 nitrogen and oxygen atoms in total. The summed E-state index contributed by atoms with van der Waals surface area (Å²) in [4.78, 5) is 11.5. The van der Waals surface area contributed by atoms with Gasteiger partial charge in [-0.2, -0.15) is 0 Å². The van der Waals surface area contributed by atoms with Gasteiger partial charge in [0.15, 0.2) is 0 Å². The smallest absolute Gasteiger partial charge is 0.238 e. The lowest BCUT2D eigenvalue weighted by Gasteiger charge is -2.10. The Hall–Kier alpha value is -1.44. The van der Waals surface area contributed by atoms with Gasteiger partial charge in [-0.1, -0.05) is 13.0 Å². The van der Waals surface area contributed by atoms with Crippen molar-refractivity contribution < 1.29 is 13.2 Å². The molecule has 0 aromatic heterocycles. The predicted octanol–water partition coefficient (Wildman–Crippen LogP) is -0.133. The summed E-state index contributed by atoms with van der Waals surface area (Å²) in [6, 6.07) is 5.74. The van der Waals surface area contributed by atoms with Crippen molar-refractivity contribution in [1.82, 2.24) is 0 Å². The SMILES string of the molecule is CC(CN)C(=O)Nc1cccc(S(N)(=O)=O)c1. The Morgan fingerprint density at radius 3 is 2.65 bits per heavy atom. The van der Waals surface area contributed by atoms with Crippen LogP contribution in [0.3, 0.4) is 0 Å². The maximum absolute atomic E-state index is 11.5. The molecule has 94 valence electrons. The van der Waals surface area contributed by atoms with Gasteiger partial charge >= 0.3 is 0 Å². The molecule has 5 N–H and O–H groups in total. The lowest BCUT2D eigenvalue weighted by Crippen LogP contribution is -2.26. The summed E-state index contributed by atoms with van der Waals surface area (Å²) >= 11 is 0. The highest BCUT2D eigenvalue weighted by atomic mass is 32.2. The average molecular weight is 257 g/mol. The number of benzene rings is 1. The van der Waals surface area contributed by atoms with Gasteiger partial charge in [0.25, 0.3) is 0 Å². The van der Waals surface area contributed by atoms with E-state index in [0.29, 0.717) is 5.69 Å². The Labute approximate surface area is 100 Å². The van der Waals surface area contributed by atoms with Crippen molar-refractivity contribution in [2.24, 2.45) is 16.8 Å². The lowest BCUT2D eigenvalue weighted by atomic mass is 10.1. The highest BCUT2D eigenvalue weighted by Crippen LogP contribution is 2.14. The van der Waals surface area contributed by atoms with Crippen LogP contribution in [0.1, 0.15) is 6.92 Å². The Balaban J connectivity index is 2.91. The summed E-state index contributed by atoms with van der Waals surface area (Å²) in [5, 5.41) is 7.55. The first kappa shape index (κ1) is 13.6. The van der Waals surface area contributed by atoms with E-state index < -0.39 is 10.0 Å². The minimum absolute atomic E-state index is 0.0456. The van der Waals surface area contributed by atoms with E-state index in [2.05, 4.69) is 5.32 Å². The van der Waals surface area contributed by atoms with Crippen molar-refractivity contribution in [2.75, 3.05) is 11.9 Å². The highest BCUT2D eigenvalue weighted by Gasteiger charge is 2.12. The summed E-state index contributed by atoms with van der Waals surface area (Å²) in [6.45, 7) is 1.90. The molecule has 0 aliphatic heterocycles. The Morgan fingerprint density at radius 1 is 1.47 bits per heavy atom. The number of amides is 1. The third-order valence-corrected chi connectivity index (χ3v) is 3.14. The fraction of sp³-hybridized carbons (Fsp3) is 0.300. The van der Waals surface area contributed by atoms with Crippen LogP contribution in [-0.2, 0) is 14.8 Å². The van der Waals surface area contributed by atoms with Gasteiger partial charge in [-0.25, -0.2) is 13.6 Å². The molecule has 1 aromatic rings. The zero-order valence-corrected chi connectivity index (χ0v) is 10.2. The molecule has 0 fully saturated rings. The summed E-state index contributed by atoms with van der Waals surface area (Å²) in [7, 11) is -3.76. The molecular formula is C10H15N3O3S. The summed E-state index contributed by atoms with van der Waals surface area (Å²) in [5.41, 5.74) is 5.73. The molecule has 0 radical (unpaired) electrons. The van der Waals surface area contributed by atoms with Gasteiger partial charge in [0, 0.05) is 18.2 Å². The van der Waals surface area contributed by atoms with Crippen molar-refractivity contribution in [3.8, 4) is 0 Å². The minimum atomic E-state index is -3.76. The molecule has 0 saturated heterocycles. The molecule has 0 bridgehead atoms. The molecule has 0 aliphatic rings. The van der Waals surface area contributed by atoms with Crippen molar-refractivity contribution in [3.05, 3.63) is 24.3 Å². The number of rotatable bonds is 4. The van der Waals surface area contributed by atoms with Crippen LogP contribution < -0.4 is 16.2 Å². The molecule has 1 aromatic carbocycles. The molecule has 0 spiro atoms. The van der Waals surface area contributed by atoms with Gasteiger partial charge in [-0.3, -0.25) is 4.79 Å². The Morgan fingerprint density at radius 2 is 2.12 bits per heavy atom. The lowest BCUT2D eigenvalue weighted by molar-refractivity contribution is -0.119. The van der Waals surface area contributed by atoms with Crippen molar-refractivity contribution >= 4 is 21.6 Å². The van der Waals surface area contributed by atoms with Crippen LogP contribution in [0, 0.1) is 5.92 Å². The van der Waals surface area contributed by atoms with Crippen LogP contribution in [-0.4, -0.2) is 20.9 Å². The number of nitrogens with one attached hydrogen (secondary N) is 1. The molecule has 7 heteroatoms. The zero-order chi connectivity index (χ0) is 13.1. The number of carbonyl (C=O) groups excluding carboxylic acids is 1. The maximum Gasteiger partial charge on any atom is 0.238 e. The number of hydrogen-bond acceptors (Lipinski definition) is 4. The molecule has 1 amide bonds. The monoisotopic (exact) mass is 257 g/mol. The minimum Gasteiger partial charge on any atom is -0.330 e. The second-order valence-corrected chi connectivity index (χ2v) is 5.26.